The number of halogens is 2. The third-order valence-electron chi connectivity index (χ3n) is 5.34. The van der Waals surface area contributed by atoms with Crippen molar-refractivity contribution in [1.82, 2.24) is 24.8 Å². The van der Waals surface area contributed by atoms with Gasteiger partial charge in [0.15, 0.2) is 0 Å². The first-order chi connectivity index (χ1) is 15.2. The van der Waals surface area contributed by atoms with Gasteiger partial charge < -0.3 is 5.73 Å². The molecule has 164 valence electrons. The number of benzene rings is 2. The molecule has 2 aromatic carbocycles. The standard InChI is InChI=1S/C22H20BrFN6O2/c1-12(31)29(3)30(11-14-4-6-15(23)9-18(14)24)22(32)13-5-7-19-16(8-13)20-17(21(25)27-19)10-26-28(20)2/h4-10H,11H2,1-3H3,(H2,25,27). The Kier molecular flexibility index (Phi) is 5.55. The Bertz CT molecular complexity index is 1390. The van der Waals surface area contributed by atoms with Crippen molar-refractivity contribution in [3.63, 3.8) is 0 Å². The van der Waals surface area contributed by atoms with E-state index < -0.39 is 11.7 Å². The van der Waals surface area contributed by atoms with Crippen LogP contribution in [0.1, 0.15) is 22.8 Å². The monoisotopic (exact) mass is 498 g/mol. The third kappa shape index (κ3) is 3.77. The highest BCUT2D eigenvalue weighted by molar-refractivity contribution is 9.10. The highest BCUT2D eigenvalue weighted by Gasteiger charge is 2.24. The SMILES string of the molecule is CC(=O)N(C)N(Cc1ccc(Br)cc1F)C(=O)c1ccc2nc(N)c3cnn(C)c3c2c1. The van der Waals surface area contributed by atoms with Crippen LogP contribution in [0.3, 0.4) is 0 Å². The van der Waals surface area contributed by atoms with E-state index in [-0.39, 0.29) is 18.0 Å². The van der Waals surface area contributed by atoms with Crippen molar-refractivity contribution in [3.05, 3.63) is 64.0 Å². The summed E-state index contributed by atoms with van der Waals surface area (Å²) in [4.78, 5) is 30.0. The van der Waals surface area contributed by atoms with Gasteiger partial charge in [0.25, 0.3) is 5.91 Å². The quantitative estimate of drug-likeness (QED) is 0.435. The van der Waals surface area contributed by atoms with Crippen molar-refractivity contribution >= 4 is 55.4 Å². The van der Waals surface area contributed by atoms with Crippen molar-refractivity contribution in [2.75, 3.05) is 12.8 Å². The lowest BCUT2D eigenvalue weighted by Gasteiger charge is -2.31. The van der Waals surface area contributed by atoms with Crippen molar-refractivity contribution in [1.29, 1.82) is 0 Å². The molecule has 32 heavy (non-hydrogen) atoms. The zero-order valence-corrected chi connectivity index (χ0v) is 19.2. The zero-order valence-electron chi connectivity index (χ0n) is 17.6. The second-order valence-corrected chi connectivity index (χ2v) is 8.32. The van der Waals surface area contributed by atoms with E-state index in [9.17, 15) is 14.0 Å². The number of nitrogens with zero attached hydrogens (tertiary/aromatic N) is 5. The summed E-state index contributed by atoms with van der Waals surface area (Å²) in [6.07, 6.45) is 1.62. The van der Waals surface area contributed by atoms with E-state index in [2.05, 4.69) is 26.0 Å². The average molecular weight is 499 g/mol. The van der Waals surface area contributed by atoms with Gasteiger partial charge in [-0.25, -0.2) is 14.4 Å². The number of carbonyl (C=O) groups is 2. The maximum absolute atomic E-state index is 14.5. The normalized spacial score (nSPS) is 11.2. The summed E-state index contributed by atoms with van der Waals surface area (Å²) in [5.74, 6) is -0.952. The highest BCUT2D eigenvalue weighted by Crippen LogP contribution is 2.29. The van der Waals surface area contributed by atoms with Crippen LogP contribution in [0.4, 0.5) is 10.2 Å². The fourth-order valence-electron chi connectivity index (χ4n) is 3.53. The lowest BCUT2D eigenvalue weighted by molar-refractivity contribution is -0.140. The number of anilines is 1. The summed E-state index contributed by atoms with van der Waals surface area (Å²) in [5, 5.41) is 8.00. The number of nitrogen functional groups attached to an aromatic ring is 1. The largest absolute Gasteiger partial charge is 0.383 e. The topological polar surface area (TPSA) is 97.3 Å². The van der Waals surface area contributed by atoms with Crippen LogP contribution < -0.4 is 5.73 Å². The van der Waals surface area contributed by atoms with E-state index in [1.807, 2.05) is 0 Å². The number of hydrogen-bond donors (Lipinski definition) is 1. The number of amides is 2. The molecule has 0 saturated carbocycles. The molecule has 0 bridgehead atoms. The number of hydrazine groups is 1. The molecule has 2 N–H and O–H groups in total. The fraction of sp³-hybridized carbons (Fsp3) is 0.182. The van der Waals surface area contributed by atoms with Crippen LogP contribution in [0.25, 0.3) is 21.8 Å². The van der Waals surface area contributed by atoms with Crippen LogP contribution in [0, 0.1) is 5.82 Å². The van der Waals surface area contributed by atoms with Crippen molar-refractivity contribution in [2.24, 2.45) is 7.05 Å². The molecule has 2 heterocycles. The molecule has 2 amide bonds. The van der Waals surface area contributed by atoms with Gasteiger partial charge in [-0.15, -0.1) is 0 Å². The Morgan fingerprint density at radius 3 is 2.62 bits per heavy atom. The van der Waals surface area contributed by atoms with Crippen LogP contribution in [-0.2, 0) is 18.4 Å². The molecule has 0 aliphatic carbocycles. The Labute approximate surface area is 191 Å². The van der Waals surface area contributed by atoms with Crippen molar-refractivity contribution in [2.45, 2.75) is 13.5 Å². The minimum absolute atomic E-state index is 0.118. The number of aromatic nitrogens is 3. The Morgan fingerprint density at radius 1 is 1.19 bits per heavy atom. The molecule has 0 radical (unpaired) electrons. The van der Waals surface area contributed by atoms with E-state index in [0.717, 1.165) is 5.52 Å². The molecule has 8 nitrogen and oxygen atoms in total. The number of pyridine rings is 1. The summed E-state index contributed by atoms with van der Waals surface area (Å²) in [7, 11) is 3.25. The van der Waals surface area contributed by atoms with Crippen LogP contribution in [0.15, 0.2) is 47.1 Å². The molecule has 4 rings (SSSR count). The number of carbonyl (C=O) groups excluding carboxylic acids is 2. The molecule has 0 spiro atoms. The molecular weight excluding hydrogens is 479 g/mol. The van der Waals surface area contributed by atoms with Gasteiger partial charge in [0, 0.05) is 42.0 Å². The van der Waals surface area contributed by atoms with Gasteiger partial charge in [0.1, 0.15) is 11.6 Å². The lowest BCUT2D eigenvalue weighted by atomic mass is 10.1. The van der Waals surface area contributed by atoms with Gasteiger partial charge in [0.05, 0.1) is 29.2 Å². The molecule has 0 atom stereocenters. The predicted octanol–water partition coefficient (Wildman–Crippen LogP) is 3.64. The van der Waals surface area contributed by atoms with E-state index >= 15 is 0 Å². The highest BCUT2D eigenvalue weighted by atomic mass is 79.9. The Balaban J connectivity index is 1.81. The maximum atomic E-state index is 14.5. The molecule has 0 saturated heterocycles. The number of fused-ring (bicyclic) bond motifs is 3. The average Bonchev–Trinajstić information content (AvgIpc) is 3.14. The Hall–Kier alpha value is -3.53. The van der Waals surface area contributed by atoms with Gasteiger partial charge in [0.2, 0.25) is 5.91 Å². The zero-order chi connectivity index (χ0) is 23.2. The molecule has 0 aliphatic heterocycles. The number of nitrogens with two attached hydrogens (primary N) is 1. The first kappa shape index (κ1) is 21.7. The molecule has 2 aromatic heterocycles. The van der Waals surface area contributed by atoms with E-state index in [0.29, 0.717) is 32.1 Å². The van der Waals surface area contributed by atoms with E-state index in [1.54, 1.807) is 48.3 Å². The Morgan fingerprint density at radius 2 is 1.94 bits per heavy atom. The molecular formula is C22H20BrFN6O2. The fourth-order valence-corrected chi connectivity index (χ4v) is 3.87. The third-order valence-corrected chi connectivity index (χ3v) is 5.84. The minimum atomic E-state index is -0.482. The first-order valence-corrected chi connectivity index (χ1v) is 10.5. The molecule has 0 unspecified atom stereocenters. The minimum Gasteiger partial charge on any atom is -0.383 e. The first-order valence-electron chi connectivity index (χ1n) is 9.68. The number of aryl methyl sites for hydroxylation is 1. The van der Waals surface area contributed by atoms with Crippen molar-refractivity contribution < 1.29 is 14.0 Å². The molecule has 0 aliphatic rings. The summed E-state index contributed by atoms with van der Waals surface area (Å²) in [5.41, 5.74) is 7.99. The summed E-state index contributed by atoms with van der Waals surface area (Å²) in [6, 6.07) is 9.56. The van der Waals surface area contributed by atoms with Gasteiger partial charge in [-0.1, -0.05) is 22.0 Å². The van der Waals surface area contributed by atoms with Crippen LogP contribution in [0.5, 0.6) is 0 Å². The molecule has 4 aromatic rings. The summed E-state index contributed by atoms with van der Waals surface area (Å²) < 4.78 is 16.7. The van der Waals surface area contributed by atoms with Gasteiger partial charge in [-0.3, -0.25) is 19.3 Å². The van der Waals surface area contributed by atoms with E-state index in [4.69, 9.17) is 5.73 Å². The van der Waals surface area contributed by atoms with Crippen LogP contribution in [-0.4, -0.2) is 43.6 Å². The van der Waals surface area contributed by atoms with Crippen molar-refractivity contribution in [3.8, 4) is 0 Å². The lowest BCUT2D eigenvalue weighted by Crippen LogP contribution is -2.46. The molecule has 0 fully saturated rings. The predicted molar refractivity (Wildman–Crippen MR) is 123 cm³/mol. The molecule has 10 heteroatoms. The van der Waals surface area contributed by atoms with E-state index in [1.165, 1.54) is 30.1 Å². The van der Waals surface area contributed by atoms with Gasteiger partial charge >= 0.3 is 0 Å². The second kappa shape index (κ2) is 8.19. The van der Waals surface area contributed by atoms with Crippen LogP contribution >= 0.6 is 15.9 Å². The smallest absolute Gasteiger partial charge is 0.272 e. The van der Waals surface area contributed by atoms with Gasteiger partial charge in [-0.2, -0.15) is 5.10 Å². The second-order valence-electron chi connectivity index (χ2n) is 7.40. The number of rotatable bonds is 3. The maximum Gasteiger partial charge on any atom is 0.272 e. The van der Waals surface area contributed by atoms with Gasteiger partial charge in [-0.05, 0) is 30.3 Å². The summed E-state index contributed by atoms with van der Waals surface area (Å²) >= 11 is 3.22. The van der Waals surface area contributed by atoms with Crippen LogP contribution in [0.2, 0.25) is 0 Å². The number of hydrogen-bond acceptors (Lipinski definition) is 5. The summed E-state index contributed by atoms with van der Waals surface area (Å²) in [6.45, 7) is 1.22.